The van der Waals surface area contributed by atoms with Crippen molar-refractivity contribution in [1.29, 1.82) is 0 Å². The van der Waals surface area contributed by atoms with Crippen LogP contribution in [0.5, 0.6) is 5.75 Å². The maximum absolute atomic E-state index is 13.3. The molecule has 0 spiro atoms. The van der Waals surface area contributed by atoms with Crippen molar-refractivity contribution in [2.45, 2.75) is 18.4 Å². The van der Waals surface area contributed by atoms with Gasteiger partial charge in [-0.3, -0.25) is 4.31 Å². The first-order valence-corrected chi connectivity index (χ1v) is 9.82. The van der Waals surface area contributed by atoms with Crippen molar-refractivity contribution in [2.24, 2.45) is 0 Å². The lowest BCUT2D eigenvalue weighted by Gasteiger charge is -2.25. The summed E-state index contributed by atoms with van der Waals surface area (Å²) in [4.78, 5) is 0.193. The van der Waals surface area contributed by atoms with Crippen LogP contribution in [0.25, 0.3) is 0 Å². The second-order valence-electron chi connectivity index (χ2n) is 6.15. The molecule has 0 bridgehead atoms. The summed E-state index contributed by atoms with van der Waals surface area (Å²) in [5.41, 5.74) is 2.12. The molecule has 0 unspecified atom stereocenters. The van der Waals surface area contributed by atoms with Gasteiger partial charge >= 0.3 is 0 Å². The van der Waals surface area contributed by atoms with Gasteiger partial charge in [0.1, 0.15) is 11.6 Å². The number of hydrogen-bond acceptors (Lipinski definition) is 3. The highest BCUT2D eigenvalue weighted by Gasteiger charge is 2.25. The molecular formula is C21H20FNO3S. The van der Waals surface area contributed by atoms with Gasteiger partial charge in [-0.1, -0.05) is 35.9 Å². The number of anilines is 1. The summed E-state index contributed by atoms with van der Waals surface area (Å²) in [6, 6.07) is 19.3. The zero-order valence-corrected chi connectivity index (χ0v) is 15.9. The first-order valence-electron chi connectivity index (χ1n) is 8.38. The third-order valence-electron chi connectivity index (χ3n) is 4.19. The van der Waals surface area contributed by atoms with E-state index in [1.165, 1.54) is 23.5 Å². The van der Waals surface area contributed by atoms with Crippen LogP contribution in [0.4, 0.5) is 10.1 Å². The Bertz CT molecular complexity index is 1020. The molecule has 0 aromatic heterocycles. The Labute approximate surface area is 158 Å². The molecule has 27 heavy (non-hydrogen) atoms. The fourth-order valence-electron chi connectivity index (χ4n) is 2.67. The SMILES string of the molecule is COc1cccc(N(Cc2ccc(F)cc2)S(=O)(=O)c2ccc(C)cc2)c1. The predicted molar refractivity (Wildman–Crippen MR) is 104 cm³/mol. The molecule has 0 fully saturated rings. The second-order valence-corrected chi connectivity index (χ2v) is 8.01. The van der Waals surface area contributed by atoms with Gasteiger partial charge in [0.15, 0.2) is 0 Å². The lowest BCUT2D eigenvalue weighted by molar-refractivity contribution is 0.415. The molecule has 3 aromatic carbocycles. The first kappa shape index (κ1) is 18.9. The summed E-state index contributed by atoms with van der Waals surface area (Å²) < 4.78 is 46.4. The number of benzene rings is 3. The van der Waals surface area contributed by atoms with Gasteiger partial charge in [0, 0.05) is 6.07 Å². The molecular weight excluding hydrogens is 365 g/mol. The summed E-state index contributed by atoms with van der Waals surface area (Å²) in [6.45, 7) is 1.97. The highest BCUT2D eigenvalue weighted by Crippen LogP contribution is 2.29. The largest absolute Gasteiger partial charge is 0.497 e. The van der Waals surface area contributed by atoms with Gasteiger partial charge in [-0.15, -0.1) is 0 Å². The van der Waals surface area contributed by atoms with Crippen molar-refractivity contribution < 1.29 is 17.5 Å². The third-order valence-corrected chi connectivity index (χ3v) is 5.98. The number of halogens is 1. The van der Waals surface area contributed by atoms with Crippen molar-refractivity contribution >= 4 is 15.7 Å². The van der Waals surface area contributed by atoms with E-state index in [4.69, 9.17) is 4.74 Å². The molecule has 0 aliphatic carbocycles. The Morgan fingerprint density at radius 3 is 2.26 bits per heavy atom. The Balaban J connectivity index is 2.08. The van der Waals surface area contributed by atoms with Crippen molar-refractivity contribution in [1.82, 2.24) is 0 Å². The van der Waals surface area contributed by atoms with Crippen LogP contribution >= 0.6 is 0 Å². The van der Waals surface area contributed by atoms with Crippen molar-refractivity contribution in [3.63, 3.8) is 0 Å². The topological polar surface area (TPSA) is 46.6 Å². The highest BCUT2D eigenvalue weighted by atomic mass is 32.2. The summed E-state index contributed by atoms with van der Waals surface area (Å²) in [5, 5.41) is 0. The van der Waals surface area contributed by atoms with Crippen LogP contribution in [0.2, 0.25) is 0 Å². The van der Waals surface area contributed by atoms with E-state index in [-0.39, 0.29) is 17.3 Å². The van der Waals surface area contributed by atoms with Crippen LogP contribution in [-0.2, 0) is 16.6 Å². The molecule has 6 heteroatoms. The quantitative estimate of drug-likeness (QED) is 0.626. The molecule has 0 atom stereocenters. The number of aryl methyl sites for hydroxylation is 1. The van der Waals surface area contributed by atoms with Crippen LogP contribution in [0.1, 0.15) is 11.1 Å². The Morgan fingerprint density at radius 1 is 0.963 bits per heavy atom. The van der Waals surface area contributed by atoms with Crippen molar-refractivity contribution in [2.75, 3.05) is 11.4 Å². The van der Waals surface area contributed by atoms with Gasteiger partial charge in [-0.25, -0.2) is 12.8 Å². The standard InChI is InChI=1S/C21H20FNO3S/c1-16-6-12-21(13-7-16)27(24,25)23(15-17-8-10-18(22)11-9-17)19-4-3-5-20(14-19)26-2/h3-14H,15H2,1-2H3. The van der Waals surface area contributed by atoms with E-state index in [0.29, 0.717) is 17.0 Å². The number of nitrogens with zero attached hydrogens (tertiary/aromatic N) is 1. The number of methoxy groups -OCH3 is 1. The molecule has 0 radical (unpaired) electrons. The van der Waals surface area contributed by atoms with Gasteiger partial charge in [0.2, 0.25) is 0 Å². The molecule has 0 amide bonds. The minimum atomic E-state index is -3.82. The number of hydrogen-bond donors (Lipinski definition) is 0. The lowest BCUT2D eigenvalue weighted by atomic mass is 10.2. The van der Waals surface area contributed by atoms with Gasteiger partial charge in [0.25, 0.3) is 10.0 Å². The normalized spacial score (nSPS) is 11.2. The fraction of sp³-hybridized carbons (Fsp3) is 0.143. The average molecular weight is 385 g/mol. The van der Waals surface area contributed by atoms with E-state index in [0.717, 1.165) is 5.56 Å². The Morgan fingerprint density at radius 2 is 1.63 bits per heavy atom. The Hall–Kier alpha value is -2.86. The molecule has 4 nitrogen and oxygen atoms in total. The molecule has 140 valence electrons. The van der Waals surface area contributed by atoms with Crippen LogP contribution in [0.15, 0.2) is 77.7 Å². The maximum atomic E-state index is 13.3. The minimum absolute atomic E-state index is 0.0731. The van der Waals surface area contributed by atoms with E-state index >= 15 is 0 Å². The molecule has 0 heterocycles. The van der Waals surface area contributed by atoms with Crippen molar-refractivity contribution in [3.8, 4) is 5.75 Å². The molecule has 3 rings (SSSR count). The van der Waals surface area contributed by atoms with E-state index in [2.05, 4.69) is 0 Å². The van der Waals surface area contributed by atoms with Gasteiger partial charge < -0.3 is 4.74 Å². The predicted octanol–water partition coefficient (Wildman–Crippen LogP) is 4.54. The van der Waals surface area contributed by atoms with Gasteiger partial charge in [-0.2, -0.15) is 0 Å². The van der Waals surface area contributed by atoms with Crippen LogP contribution < -0.4 is 9.04 Å². The second kappa shape index (κ2) is 7.80. The summed E-state index contributed by atoms with van der Waals surface area (Å²) in [6.07, 6.45) is 0. The zero-order chi connectivity index (χ0) is 19.4. The molecule has 3 aromatic rings. The van der Waals surface area contributed by atoms with E-state index < -0.39 is 10.0 Å². The zero-order valence-electron chi connectivity index (χ0n) is 15.1. The van der Waals surface area contributed by atoms with Crippen LogP contribution in [0, 0.1) is 12.7 Å². The number of sulfonamides is 1. The first-order chi connectivity index (χ1) is 12.9. The lowest BCUT2D eigenvalue weighted by Crippen LogP contribution is -2.30. The average Bonchev–Trinajstić information content (AvgIpc) is 2.67. The van der Waals surface area contributed by atoms with Crippen LogP contribution in [0.3, 0.4) is 0 Å². The van der Waals surface area contributed by atoms with E-state index in [9.17, 15) is 12.8 Å². The molecule has 0 aliphatic rings. The minimum Gasteiger partial charge on any atom is -0.497 e. The number of rotatable bonds is 6. The summed E-state index contributed by atoms with van der Waals surface area (Å²) >= 11 is 0. The molecule has 0 N–H and O–H groups in total. The van der Waals surface area contributed by atoms with Gasteiger partial charge in [-0.05, 0) is 48.9 Å². The molecule has 0 saturated carbocycles. The van der Waals surface area contributed by atoms with E-state index in [1.54, 1.807) is 60.7 Å². The summed E-state index contributed by atoms with van der Waals surface area (Å²) in [5.74, 6) is 0.184. The number of ether oxygens (including phenoxy) is 1. The van der Waals surface area contributed by atoms with Gasteiger partial charge in [0.05, 0.1) is 24.2 Å². The van der Waals surface area contributed by atoms with Crippen molar-refractivity contribution in [3.05, 3.63) is 89.7 Å². The highest BCUT2D eigenvalue weighted by molar-refractivity contribution is 7.92. The smallest absolute Gasteiger partial charge is 0.264 e. The summed E-state index contributed by atoms with van der Waals surface area (Å²) in [7, 11) is -2.29. The monoisotopic (exact) mass is 385 g/mol. The fourth-order valence-corrected chi connectivity index (χ4v) is 4.12. The Kier molecular flexibility index (Phi) is 5.46. The molecule has 0 aliphatic heterocycles. The van der Waals surface area contributed by atoms with E-state index in [1.807, 2.05) is 6.92 Å². The van der Waals surface area contributed by atoms with Crippen LogP contribution in [-0.4, -0.2) is 15.5 Å². The maximum Gasteiger partial charge on any atom is 0.264 e. The third kappa shape index (κ3) is 4.28. The molecule has 0 saturated heterocycles.